The van der Waals surface area contributed by atoms with Gasteiger partial charge in [0.1, 0.15) is 5.52 Å². The molecule has 0 amide bonds. The van der Waals surface area contributed by atoms with E-state index in [0.717, 1.165) is 36.7 Å². The molecular weight excluding hydrogens is 226 g/mol. The summed E-state index contributed by atoms with van der Waals surface area (Å²) in [7, 11) is 2.18. The zero-order valence-electron chi connectivity index (χ0n) is 10.7. The van der Waals surface area contributed by atoms with Gasteiger partial charge in [-0.3, -0.25) is 0 Å². The quantitative estimate of drug-likeness (QED) is 0.893. The Morgan fingerprint density at radius 3 is 3.28 bits per heavy atom. The maximum absolute atomic E-state index is 5.33. The third kappa shape index (κ3) is 2.54. The van der Waals surface area contributed by atoms with E-state index in [9.17, 15) is 0 Å². The second-order valence-electron chi connectivity index (χ2n) is 5.21. The van der Waals surface area contributed by atoms with E-state index in [2.05, 4.69) is 34.4 Å². The fraction of sp³-hybridized carbons (Fsp3) is 0.500. The molecule has 3 rings (SSSR count). The summed E-state index contributed by atoms with van der Waals surface area (Å²) in [5.41, 5.74) is 3.09. The van der Waals surface area contributed by atoms with Gasteiger partial charge < -0.3 is 14.6 Å². The molecule has 4 nitrogen and oxygen atoms in total. The van der Waals surface area contributed by atoms with Crippen LogP contribution < -0.4 is 5.32 Å². The number of hydrogen-bond donors (Lipinski definition) is 1. The summed E-state index contributed by atoms with van der Waals surface area (Å²) in [6, 6.07) is 6.25. The fourth-order valence-electron chi connectivity index (χ4n) is 2.69. The lowest BCUT2D eigenvalue weighted by molar-refractivity contribution is 0.278. The summed E-state index contributed by atoms with van der Waals surface area (Å²) < 4.78 is 5.33. The van der Waals surface area contributed by atoms with Gasteiger partial charge in [-0.25, -0.2) is 4.98 Å². The fourth-order valence-corrected chi connectivity index (χ4v) is 2.69. The number of nitrogens with zero attached hydrogens (tertiary/aromatic N) is 2. The SMILES string of the molecule is CN(Cc1ccc2ncoc2c1)CC1CCNC1. The molecule has 0 aliphatic carbocycles. The lowest BCUT2D eigenvalue weighted by Crippen LogP contribution is -2.26. The Hall–Kier alpha value is -1.39. The number of benzene rings is 1. The second-order valence-corrected chi connectivity index (χ2v) is 5.21. The predicted molar refractivity (Wildman–Crippen MR) is 71.3 cm³/mol. The molecule has 2 aromatic rings. The van der Waals surface area contributed by atoms with Crippen molar-refractivity contribution in [2.75, 3.05) is 26.7 Å². The van der Waals surface area contributed by atoms with Crippen LogP contribution in [0.1, 0.15) is 12.0 Å². The topological polar surface area (TPSA) is 41.3 Å². The van der Waals surface area contributed by atoms with Gasteiger partial charge in [-0.1, -0.05) is 6.07 Å². The number of nitrogens with one attached hydrogen (secondary N) is 1. The number of hydrogen-bond acceptors (Lipinski definition) is 4. The molecule has 0 saturated carbocycles. The molecule has 1 aliphatic rings. The lowest BCUT2D eigenvalue weighted by Gasteiger charge is -2.20. The van der Waals surface area contributed by atoms with Crippen molar-refractivity contribution in [3.63, 3.8) is 0 Å². The highest BCUT2D eigenvalue weighted by Gasteiger charge is 2.16. The van der Waals surface area contributed by atoms with E-state index in [1.807, 2.05) is 6.07 Å². The third-order valence-corrected chi connectivity index (χ3v) is 3.58. The second kappa shape index (κ2) is 5.08. The van der Waals surface area contributed by atoms with E-state index < -0.39 is 0 Å². The van der Waals surface area contributed by atoms with Crippen LogP contribution in [0.4, 0.5) is 0 Å². The Morgan fingerprint density at radius 2 is 2.44 bits per heavy atom. The Labute approximate surface area is 107 Å². The minimum absolute atomic E-state index is 0.795. The average Bonchev–Trinajstić information content (AvgIpc) is 2.98. The minimum atomic E-state index is 0.795. The van der Waals surface area contributed by atoms with Crippen LogP contribution in [0, 0.1) is 5.92 Å². The van der Waals surface area contributed by atoms with Crippen molar-refractivity contribution < 1.29 is 4.42 Å². The first-order valence-corrected chi connectivity index (χ1v) is 6.52. The molecule has 1 saturated heterocycles. The van der Waals surface area contributed by atoms with Gasteiger partial charge in [-0.15, -0.1) is 0 Å². The maximum atomic E-state index is 5.33. The molecule has 4 heteroatoms. The van der Waals surface area contributed by atoms with E-state index in [4.69, 9.17) is 4.42 Å². The summed E-state index contributed by atoms with van der Waals surface area (Å²) >= 11 is 0. The van der Waals surface area contributed by atoms with Gasteiger partial charge in [0.25, 0.3) is 0 Å². The van der Waals surface area contributed by atoms with Crippen LogP contribution >= 0.6 is 0 Å². The normalized spacial score (nSPS) is 20.0. The van der Waals surface area contributed by atoms with Gasteiger partial charge in [-0.05, 0) is 50.2 Å². The van der Waals surface area contributed by atoms with E-state index in [-0.39, 0.29) is 0 Å². The molecule has 1 aromatic heterocycles. The molecule has 0 spiro atoms. The molecular formula is C14H19N3O. The van der Waals surface area contributed by atoms with Crippen LogP contribution in [0.15, 0.2) is 29.0 Å². The highest BCUT2D eigenvalue weighted by Crippen LogP contribution is 2.16. The van der Waals surface area contributed by atoms with E-state index in [1.165, 1.54) is 24.9 Å². The highest BCUT2D eigenvalue weighted by molar-refractivity contribution is 5.72. The number of fused-ring (bicyclic) bond motifs is 1. The van der Waals surface area contributed by atoms with Crippen molar-refractivity contribution in [2.24, 2.45) is 5.92 Å². The average molecular weight is 245 g/mol. The molecule has 1 fully saturated rings. The highest BCUT2D eigenvalue weighted by atomic mass is 16.3. The van der Waals surface area contributed by atoms with Crippen molar-refractivity contribution in [2.45, 2.75) is 13.0 Å². The van der Waals surface area contributed by atoms with Gasteiger partial charge in [-0.2, -0.15) is 0 Å². The number of aromatic nitrogens is 1. The van der Waals surface area contributed by atoms with Crippen LogP contribution in [-0.2, 0) is 6.54 Å². The Morgan fingerprint density at radius 1 is 1.50 bits per heavy atom. The smallest absolute Gasteiger partial charge is 0.181 e. The van der Waals surface area contributed by atoms with Crippen LogP contribution in [-0.4, -0.2) is 36.6 Å². The summed E-state index contributed by atoms with van der Waals surface area (Å²) in [5.74, 6) is 0.795. The molecule has 1 atom stereocenters. The van der Waals surface area contributed by atoms with Gasteiger partial charge in [0.2, 0.25) is 0 Å². The van der Waals surface area contributed by atoms with Gasteiger partial charge in [0, 0.05) is 13.1 Å². The Kier molecular flexibility index (Phi) is 3.30. The maximum Gasteiger partial charge on any atom is 0.181 e. The summed E-state index contributed by atoms with van der Waals surface area (Å²) in [6.07, 6.45) is 2.80. The monoisotopic (exact) mass is 245 g/mol. The number of oxazole rings is 1. The molecule has 1 aliphatic heterocycles. The molecule has 1 aromatic carbocycles. The summed E-state index contributed by atoms with van der Waals surface area (Å²) in [4.78, 5) is 6.52. The Bertz CT molecular complexity index is 516. The molecule has 0 bridgehead atoms. The Balaban J connectivity index is 1.63. The zero-order valence-corrected chi connectivity index (χ0v) is 10.7. The van der Waals surface area contributed by atoms with Crippen LogP contribution in [0.2, 0.25) is 0 Å². The molecule has 2 heterocycles. The van der Waals surface area contributed by atoms with Crippen molar-refractivity contribution >= 4 is 11.1 Å². The number of rotatable bonds is 4. The first-order chi connectivity index (χ1) is 8.81. The van der Waals surface area contributed by atoms with Crippen LogP contribution in [0.25, 0.3) is 11.1 Å². The molecule has 96 valence electrons. The predicted octanol–water partition coefficient (Wildman–Crippen LogP) is 1.87. The summed E-state index contributed by atoms with van der Waals surface area (Å²) in [6.45, 7) is 4.45. The van der Waals surface area contributed by atoms with Crippen molar-refractivity contribution in [1.82, 2.24) is 15.2 Å². The van der Waals surface area contributed by atoms with E-state index >= 15 is 0 Å². The van der Waals surface area contributed by atoms with Crippen LogP contribution in [0.3, 0.4) is 0 Å². The zero-order chi connectivity index (χ0) is 12.4. The van der Waals surface area contributed by atoms with Gasteiger partial charge in [0.15, 0.2) is 12.0 Å². The standard InChI is InChI=1S/C14H19N3O/c1-17(9-12-4-5-15-7-12)8-11-2-3-13-14(6-11)18-10-16-13/h2-3,6,10,12,15H,4-5,7-9H2,1H3. The first kappa shape index (κ1) is 11.7. The van der Waals surface area contributed by atoms with Crippen LogP contribution in [0.5, 0.6) is 0 Å². The van der Waals surface area contributed by atoms with Crippen molar-refractivity contribution in [1.29, 1.82) is 0 Å². The van der Waals surface area contributed by atoms with E-state index in [1.54, 1.807) is 0 Å². The van der Waals surface area contributed by atoms with Gasteiger partial charge in [0.05, 0.1) is 0 Å². The molecule has 1 N–H and O–H groups in total. The molecule has 0 radical (unpaired) electrons. The van der Waals surface area contributed by atoms with E-state index in [0.29, 0.717) is 0 Å². The first-order valence-electron chi connectivity index (χ1n) is 6.52. The summed E-state index contributed by atoms with van der Waals surface area (Å²) in [5, 5.41) is 3.41. The van der Waals surface area contributed by atoms with Crippen molar-refractivity contribution in [3.05, 3.63) is 30.2 Å². The molecule has 18 heavy (non-hydrogen) atoms. The van der Waals surface area contributed by atoms with Crippen molar-refractivity contribution in [3.8, 4) is 0 Å². The minimum Gasteiger partial charge on any atom is -0.443 e. The van der Waals surface area contributed by atoms with Gasteiger partial charge >= 0.3 is 0 Å². The lowest BCUT2D eigenvalue weighted by atomic mass is 10.1. The molecule has 1 unspecified atom stereocenters. The largest absolute Gasteiger partial charge is 0.443 e. The third-order valence-electron chi connectivity index (χ3n) is 3.58.